The van der Waals surface area contributed by atoms with Gasteiger partial charge in [0.2, 0.25) is 0 Å². The van der Waals surface area contributed by atoms with E-state index in [4.69, 9.17) is 10.00 Å². The lowest BCUT2D eigenvalue weighted by Crippen LogP contribution is -2.17. The number of phenols is 1. The Hall–Kier alpha value is -5.49. The van der Waals surface area contributed by atoms with Crippen molar-refractivity contribution in [2.24, 2.45) is 5.10 Å². The molecular formula is C28H20N4O5. The second kappa shape index (κ2) is 10.8. The summed E-state index contributed by atoms with van der Waals surface area (Å²) in [5.74, 6) is -1.58. The summed E-state index contributed by atoms with van der Waals surface area (Å²) in [7, 11) is 0. The molecule has 0 aliphatic heterocycles. The summed E-state index contributed by atoms with van der Waals surface area (Å²) in [4.78, 5) is 36.8. The summed E-state index contributed by atoms with van der Waals surface area (Å²) < 4.78 is 5.15. The molecule has 0 aliphatic rings. The smallest absolute Gasteiger partial charge is 0.308 e. The molecule has 9 heteroatoms. The van der Waals surface area contributed by atoms with Crippen molar-refractivity contribution >= 4 is 40.5 Å². The van der Waals surface area contributed by atoms with Crippen molar-refractivity contribution in [1.82, 2.24) is 5.43 Å². The van der Waals surface area contributed by atoms with Gasteiger partial charge in [0, 0.05) is 29.1 Å². The fourth-order valence-electron chi connectivity index (χ4n) is 3.62. The van der Waals surface area contributed by atoms with Crippen LogP contribution in [-0.4, -0.2) is 29.1 Å². The molecule has 0 aromatic heterocycles. The second-order valence-corrected chi connectivity index (χ2v) is 7.83. The van der Waals surface area contributed by atoms with Crippen LogP contribution in [0.25, 0.3) is 10.8 Å². The normalized spacial score (nSPS) is 10.6. The minimum Gasteiger partial charge on any atom is -0.507 e. The van der Waals surface area contributed by atoms with E-state index in [1.54, 1.807) is 36.4 Å². The number of aromatic hydroxyl groups is 1. The number of nitrogens with zero attached hydrogens (tertiary/aromatic N) is 2. The van der Waals surface area contributed by atoms with Crippen molar-refractivity contribution in [3.8, 4) is 17.6 Å². The van der Waals surface area contributed by atoms with Crippen LogP contribution in [-0.2, 0) is 4.79 Å². The zero-order valence-electron chi connectivity index (χ0n) is 19.6. The first kappa shape index (κ1) is 24.6. The lowest BCUT2D eigenvalue weighted by molar-refractivity contribution is -0.131. The molecule has 0 saturated carbocycles. The van der Waals surface area contributed by atoms with Crippen LogP contribution in [0.4, 0.5) is 5.69 Å². The Morgan fingerprint density at radius 1 is 0.946 bits per heavy atom. The number of fused-ring (bicyclic) bond motifs is 1. The molecule has 0 heterocycles. The number of hydrogen-bond donors (Lipinski definition) is 3. The van der Waals surface area contributed by atoms with E-state index in [0.29, 0.717) is 11.3 Å². The highest BCUT2D eigenvalue weighted by Crippen LogP contribution is 2.28. The SMILES string of the molecule is CC(=O)Oc1ccccc1C(=O)Nc1ccc(C=NNC(=O)c2ccc(O)c(C#N)c2)c2ccccc12. The van der Waals surface area contributed by atoms with E-state index in [-0.39, 0.29) is 28.2 Å². The molecule has 4 aromatic rings. The fourth-order valence-corrected chi connectivity index (χ4v) is 3.62. The first-order valence-corrected chi connectivity index (χ1v) is 11.0. The minimum atomic E-state index is -0.549. The number of hydrazone groups is 1. The van der Waals surface area contributed by atoms with Crippen LogP contribution in [0, 0.1) is 11.3 Å². The van der Waals surface area contributed by atoms with Gasteiger partial charge in [-0.3, -0.25) is 14.4 Å². The van der Waals surface area contributed by atoms with E-state index in [9.17, 15) is 19.5 Å². The van der Waals surface area contributed by atoms with Crippen molar-refractivity contribution in [2.75, 3.05) is 5.32 Å². The Kier molecular flexibility index (Phi) is 7.21. The van der Waals surface area contributed by atoms with Crippen molar-refractivity contribution in [1.29, 1.82) is 5.26 Å². The van der Waals surface area contributed by atoms with Gasteiger partial charge in [-0.2, -0.15) is 10.4 Å². The second-order valence-electron chi connectivity index (χ2n) is 7.83. The third-order valence-electron chi connectivity index (χ3n) is 5.34. The molecule has 4 rings (SSSR count). The van der Waals surface area contributed by atoms with E-state index >= 15 is 0 Å². The van der Waals surface area contributed by atoms with Gasteiger partial charge in [0.1, 0.15) is 17.6 Å². The summed E-state index contributed by atoms with van der Waals surface area (Å²) in [6.07, 6.45) is 1.47. The standard InChI is InChI=1S/C28H20N4O5/c1-17(33)37-26-9-5-4-8-23(26)28(36)31-24-12-10-19(21-6-2-3-7-22(21)24)16-30-32-27(35)18-11-13-25(34)20(14-18)15-29/h2-14,16,34H,1H3,(H,31,36)(H,32,35). The van der Waals surface area contributed by atoms with Gasteiger partial charge in [0.05, 0.1) is 17.3 Å². The predicted molar refractivity (Wildman–Crippen MR) is 138 cm³/mol. The van der Waals surface area contributed by atoms with Gasteiger partial charge in [0.25, 0.3) is 11.8 Å². The first-order chi connectivity index (χ1) is 17.9. The summed E-state index contributed by atoms with van der Waals surface area (Å²) in [5.41, 5.74) is 3.98. The van der Waals surface area contributed by atoms with Crippen LogP contribution in [0.5, 0.6) is 11.5 Å². The average Bonchev–Trinajstić information content (AvgIpc) is 2.90. The molecule has 182 valence electrons. The number of carbonyl (C=O) groups is 3. The molecule has 0 aliphatic carbocycles. The van der Waals surface area contributed by atoms with Crippen LogP contribution < -0.4 is 15.5 Å². The predicted octanol–water partition coefficient (Wildman–Crippen LogP) is 4.36. The first-order valence-electron chi connectivity index (χ1n) is 11.0. The molecule has 9 nitrogen and oxygen atoms in total. The zero-order valence-corrected chi connectivity index (χ0v) is 19.6. The number of esters is 1. The number of para-hydroxylation sites is 1. The number of nitrogens with one attached hydrogen (secondary N) is 2. The Bertz CT molecular complexity index is 1600. The molecule has 0 saturated heterocycles. The molecule has 0 spiro atoms. The topological polar surface area (TPSA) is 141 Å². The third kappa shape index (κ3) is 5.61. The van der Waals surface area contributed by atoms with Gasteiger partial charge in [0.15, 0.2) is 0 Å². The lowest BCUT2D eigenvalue weighted by Gasteiger charge is -2.12. The number of nitriles is 1. The third-order valence-corrected chi connectivity index (χ3v) is 5.34. The van der Waals surface area contributed by atoms with Crippen LogP contribution in [0.3, 0.4) is 0 Å². The van der Waals surface area contributed by atoms with E-state index < -0.39 is 17.8 Å². The largest absolute Gasteiger partial charge is 0.507 e. The molecule has 0 atom stereocenters. The number of amides is 2. The van der Waals surface area contributed by atoms with Crippen LogP contribution in [0.1, 0.15) is 38.8 Å². The van der Waals surface area contributed by atoms with E-state index in [1.165, 1.54) is 31.3 Å². The highest BCUT2D eigenvalue weighted by molar-refractivity contribution is 6.13. The number of ether oxygens (including phenoxy) is 1. The van der Waals surface area contributed by atoms with E-state index in [0.717, 1.165) is 10.8 Å². The quantitative estimate of drug-likeness (QED) is 0.158. The molecule has 2 amide bonds. The summed E-state index contributed by atoms with van der Waals surface area (Å²) in [6.45, 7) is 1.26. The highest BCUT2D eigenvalue weighted by Gasteiger charge is 2.15. The van der Waals surface area contributed by atoms with Crippen LogP contribution >= 0.6 is 0 Å². The Labute approximate surface area is 211 Å². The van der Waals surface area contributed by atoms with Gasteiger partial charge >= 0.3 is 5.97 Å². The average molecular weight is 492 g/mol. The molecule has 3 N–H and O–H groups in total. The zero-order chi connectivity index (χ0) is 26.4. The van der Waals surface area contributed by atoms with E-state index in [1.807, 2.05) is 30.3 Å². The molecule has 0 fully saturated rings. The van der Waals surface area contributed by atoms with Gasteiger partial charge < -0.3 is 15.2 Å². The Morgan fingerprint density at radius 2 is 1.68 bits per heavy atom. The molecule has 0 bridgehead atoms. The van der Waals surface area contributed by atoms with Crippen molar-refractivity contribution in [3.05, 3.63) is 101 Å². The Morgan fingerprint density at radius 3 is 2.43 bits per heavy atom. The molecule has 37 heavy (non-hydrogen) atoms. The minimum absolute atomic E-state index is 0.0178. The van der Waals surface area contributed by atoms with Crippen LogP contribution in [0.15, 0.2) is 84.0 Å². The number of carbonyl (C=O) groups excluding carboxylic acids is 3. The van der Waals surface area contributed by atoms with Crippen molar-refractivity contribution < 1.29 is 24.2 Å². The van der Waals surface area contributed by atoms with Gasteiger partial charge in [-0.05, 0) is 41.8 Å². The molecular weight excluding hydrogens is 472 g/mol. The maximum atomic E-state index is 13.0. The number of hydrogen-bond acceptors (Lipinski definition) is 7. The van der Waals surface area contributed by atoms with E-state index in [2.05, 4.69) is 15.8 Å². The molecule has 0 unspecified atom stereocenters. The fraction of sp³-hybridized carbons (Fsp3) is 0.0357. The van der Waals surface area contributed by atoms with Gasteiger partial charge in [-0.15, -0.1) is 0 Å². The summed E-state index contributed by atoms with van der Waals surface area (Å²) in [6, 6.07) is 23.0. The number of benzene rings is 4. The van der Waals surface area contributed by atoms with Crippen molar-refractivity contribution in [2.45, 2.75) is 6.92 Å². The van der Waals surface area contributed by atoms with Gasteiger partial charge in [-0.1, -0.05) is 42.5 Å². The summed E-state index contributed by atoms with van der Waals surface area (Å²) >= 11 is 0. The van der Waals surface area contributed by atoms with Gasteiger partial charge in [-0.25, -0.2) is 5.43 Å². The van der Waals surface area contributed by atoms with Crippen molar-refractivity contribution in [3.63, 3.8) is 0 Å². The number of phenolic OH excluding ortho intramolecular Hbond substituents is 1. The maximum absolute atomic E-state index is 13.0. The highest BCUT2D eigenvalue weighted by atomic mass is 16.5. The number of rotatable bonds is 6. The molecule has 0 radical (unpaired) electrons. The van der Waals surface area contributed by atoms with Crippen LogP contribution in [0.2, 0.25) is 0 Å². The Balaban J connectivity index is 1.56. The lowest BCUT2D eigenvalue weighted by atomic mass is 10.0. The monoisotopic (exact) mass is 492 g/mol. The maximum Gasteiger partial charge on any atom is 0.308 e. The molecule has 4 aromatic carbocycles. The number of anilines is 1. The summed E-state index contributed by atoms with van der Waals surface area (Å²) in [5, 5.41) is 27.0.